The Kier molecular flexibility index (Phi) is 6.72. The summed E-state index contributed by atoms with van der Waals surface area (Å²) >= 11 is 0. The summed E-state index contributed by atoms with van der Waals surface area (Å²) in [5.74, 6) is 5.15. The zero-order valence-electron chi connectivity index (χ0n) is 27.3. The quantitative estimate of drug-likeness (QED) is 0.180. The van der Waals surface area contributed by atoms with Crippen LogP contribution in [0.3, 0.4) is 0 Å². The van der Waals surface area contributed by atoms with Crippen molar-refractivity contribution in [1.82, 2.24) is 19.9 Å². The van der Waals surface area contributed by atoms with Crippen LogP contribution in [0.1, 0.15) is 0 Å². The average molecular weight is 673 g/mol. The Labute approximate surface area is 295 Å². The largest absolute Gasteiger partial charge is 0.458 e. The van der Waals surface area contributed by atoms with Gasteiger partial charge >= 0.3 is 0 Å². The van der Waals surface area contributed by atoms with Crippen LogP contribution in [0.2, 0.25) is 0 Å². The molecular formula is C44H28N4O2Si. The van der Waals surface area contributed by atoms with E-state index < -0.39 is 8.07 Å². The fraction of sp³-hybridized carbons (Fsp3) is 0. The van der Waals surface area contributed by atoms with E-state index in [9.17, 15) is 0 Å². The van der Waals surface area contributed by atoms with Gasteiger partial charge in [-0.2, -0.15) is 0 Å². The van der Waals surface area contributed by atoms with Gasteiger partial charge in [-0.1, -0.05) is 127 Å². The van der Waals surface area contributed by atoms with Crippen LogP contribution in [0.4, 0.5) is 0 Å². The predicted molar refractivity (Wildman–Crippen MR) is 203 cm³/mol. The molecule has 0 saturated heterocycles. The summed E-state index contributed by atoms with van der Waals surface area (Å²) in [6.45, 7) is 0. The lowest BCUT2D eigenvalue weighted by Gasteiger charge is -2.43. The number of para-hydroxylation sites is 2. The first-order chi connectivity index (χ1) is 25.3. The minimum atomic E-state index is -2.95. The van der Waals surface area contributed by atoms with Crippen molar-refractivity contribution in [3.8, 4) is 68.4 Å². The summed E-state index contributed by atoms with van der Waals surface area (Å²) in [7, 11) is -2.95. The van der Waals surface area contributed by atoms with Crippen molar-refractivity contribution in [2.24, 2.45) is 0 Å². The van der Waals surface area contributed by atoms with E-state index in [-0.39, 0.29) is 0 Å². The SMILES string of the molecule is c1ccc(-c2nc(-c3ccccc3)nc(-c3ccc4c(c3)Oc3ccccc3[Si]43c4ccccc4Oc4cc(-c5ccccn5)ccc43)n2)cc1. The molecule has 1 unspecified atom stereocenters. The third-order valence-electron chi connectivity index (χ3n) is 9.71. The second-order valence-electron chi connectivity index (χ2n) is 12.6. The summed E-state index contributed by atoms with van der Waals surface area (Å²) in [4.78, 5) is 19.6. The molecule has 0 fully saturated rings. The van der Waals surface area contributed by atoms with Crippen molar-refractivity contribution in [2.75, 3.05) is 0 Å². The minimum Gasteiger partial charge on any atom is -0.458 e. The van der Waals surface area contributed by atoms with E-state index in [1.807, 2.05) is 97.2 Å². The minimum absolute atomic E-state index is 0.580. The van der Waals surface area contributed by atoms with Crippen LogP contribution >= 0.6 is 0 Å². The third kappa shape index (κ3) is 4.70. The highest BCUT2D eigenvalue weighted by Crippen LogP contribution is 2.38. The van der Waals surface area contributed by atoms with Gasteiger partial charge in [0.2, 0.25) is 0 Å². The monoisotopic (exact) mass is 672 g/mol. The van der Waals surface area contributed by atoms with E-state index in [4.69, 9.17) is 24.4 Å². The number of aromatic nitrogens is 4. The molecule has 0 amide bonds. The molecule has 6 aromatic carbocycles. The maximum absolute atomic E-state index is 6.83. The summed E-state index contributed by atoms with van der Waals surface area (Å²) in [5, 5.41) is 4.69. The first-order valence-corrected chi connectivity index (χ1v) is 18.9. The Hall–Kier alpha value is -6.70. The van der Waals surface area contributed by atoms with Crippen molar-refractivity contribution in [3.63, 3.8) is 0 Å². The number of pyridine rings is 1. The Morgan fingerprint density at radius 1 is 0.353 bits per heavy atom. The molecule has 51 heavy (non-hydrogen) atoms. The fourth-order valence-electron chi connectivity index (χ4n) is 7.44. The van der Waals surface area contributed by atoms with Gasteiger partial charge in [0.05, 0.1) is 5.69 Å². The van der Waals surface area contributed by atoms with E-state index in [2.05, 4.69) is 77.8 Å². The molecule has 4 heterocycles. The lowest BCUT2D eigenvalue weighted by molar-refractivity contribution is 0.482. The highest BCUT2D eigenvalue weighted by molar-refractivity contribution is 7.21. The van der Waals surface area contributed by atoms with E-state index in [1.165, 1.54) is 15.6 Å². The zero-order valence-corrected chi connectivity index (χ0v) is 28.3. The fourth-order valence-corrected chi connectivity index (χ4v) is 12.5. The van der Waals surface area contributed by atoms with Gasteiger partial charge in [0, 0.05) is 28.5 Å². The zero-order chi connectivity index (χ0) is 33.8. The van der Waals surface area contributed by atoms with Crippen LogP contribution in [-0.2, 0) is 0 Å². The molecule has 2 aliphatic heterocycles. The average Bonchev–Trinajstić information content (AvgIpc) is 3.21. The van der Waals surface area contributed by atoms with Crippen molar-refractivity contribution in [2.45, 2.75) is 0 Å². The Morgan fingerprint density at radius 3 is 1.35 bits per heavy atom. The van der Waals surface area contributed by atoms with Gasteiger partial charge in [0.15, 0.2) is 25.5 Å². The molecule has 1 atom stereocenters. The number of benzene rings is 6. The molecular weight excluding hydrogens is 645 g/mol. The summed E-state index contributed by atoms with van der Waals surface area (Å²) in [6.07, 6.45) is 1.82. The molecule has 0 N–H and O–H groups in total. The normalized spacial score (nSPS) is 15.1. The van der Waals surface area contributed by atoms with Gasteiger partial charge in [-0.05, 0) is 57.1 Å². The van der Waals surface area contributed by atoms with Crippen LogP contribution in [0.25, 0.3) is 45.4 Å². The number of hydrogen-bond acceptors (Lipinski definition) is 6. The molecule has 1 spiro atoms. The molecule has 0 radical (unpaired) electrons. The molecule has 8 aromatic rings. The molecule has 0 aliphatic carbocycles. The molecule has 240 valence electrons. The number of nitrogens with zero attached hydrogens (tertiary/aromatic N) is 4. The van der Waals surface area contributed by atoms with E-state index in [0.29, 0.717) is 17.5 Å². The molecule has 7 heteroatoms. The van der Waals surface area contributed by atoms with Gasteiger partial charge in [0.25, 0.3) is 0 Å². The van der Waals surface area contributed by atoms with Gasteiger partial charge < -0.3 is 9.47 Å². The number of hydrogen-bond donors (Lipinski definition) is 0. The Bertz CT molecular complexity index is 2530. The maximum Gasteiger partial charge on any atom is 0.196 e. The molecule has 10 rings (SSSR count). The predicted octanol–water partition coefficient (Wildman–Crippen LogP) is 7.52. The number of rotatable bonds is 4. The standard InChI is InChI=1S/C44H28N4O2Si/c1-3-13-29(14-4-1)42-46-43(30-15-5-2-6-16-30)48-44(47-42)32-23-25-41-37(28-32)50-35-19-8-10-21-39(35)51(41)38-20-9-7-18-34(38)49-36-27-31(22-24-40(36)51)33-17-11-12-26-45-33/h1-28H. The van der Waals surface area contributed by atoms with Crippen LogP contribution < -0.4 is 30.2 Å². The van der Waals surface area contributed by atoms with Crippen molar-refractivity contribution >= 4 is 28.8 Å². The van der Waals surface area contributed by atoms with Crippen LogP contribution in [0.5, 0.6) is 23.0 Å². The third-order valence-corrected chi connectivity index (χ3v) is 14.6. The molecule has 0 saturated carbocycles. The molecule has 2 aromatic heterocycles. The smallest absolute Gasteiger partial charge is 0.196 e. The summed E-state index contributed by atoms with van der Waals surface area (Å²) < 4.78 is 13.6. The summed E-state index contributed by atoms with van der Waals surface area (Å²) in [5.41, 5.74) is 4.60. The number of ether oxygens (including phenoxy) is 2. The van der Waals surface area contributed by atoms with E-state index in [1.54, 1.807) is 0 Å². The highest BCUT2D eigenvalue weighted by atomic mass is 28.3. The van der Waals surface area contributed by atoms with Gasteiger partial charge in [0.1, 0.15) is 23.0 Å². The van der Waals surface area contributed by atoms with Crippen molar-refractivity contribution < 1.29 is 9.47 Å². The van der Waals surface area contributed by atoms with Crippen molar-refractivity contribution in [3.05, 3.63) is 170 Å². The van der Waals surface area contributed by atoms with Crippen LogP contribution in [0.15, 0.2) is 170 Å². The summed E-state index contributed by atoms with van der Waals surface area (Å²) in [6, 6.07) is 55.9. The van der Waals surface area contributed by atoms with Crippen molar-refractivity contribution in [1.29, 1.82) is 0 Å². The first-order valence-electron chi connectivity index (χ1n) is 16.9. The maximum atomic E-state index is 6.83. The lowest BCUT2D eigenvalue weighted by Crippen LogP contribution is -2.77. The molecule has 2 aliphatic rings. The lowest BCUT2D eigenvalue weighted by atomic mass is 10.1. The van der Waals surface area contributed by atoms with Crippen LogP contribution in [0, 0.1) is 0 Å². The molecule has 0 bridgehead atoms. The van der Waals surface area contributed by atoms with Gasteiger partial charge in [-0.3, -0.25) is 4.98 Å². The Morgan fingerprint density at radius 2 is 0.804 bits per heavy atom. The van der Waals surface area contributed by atoms with Crippen LogP contribution in [-0.4, -0.2) is 28.0 Å². The number of fused-ring (bicyclic) bond motifs is 8. The second kappa shape index (κ2) is 11.7. The topological polar surface area (TPSA) is 70.0 Å². The molecule has 6 nitrogen and oxygen atoms in total. The second-order valence-corrected chi connectivity index (χ2v) is 16.3. The first kappa shape index (κ1) is 29.2. The van der Waals surface area contributed by atoms with Gasteiger partial charge in [-0.15, -0.1) is 0 Å². The van der Waals surface area contributed by atoms with Gasteiger partial charge in [-0.25, -0.2) is 15.0 Å². The Balaban J connectivity index is 1.20. The van der Waals surface area contributed by atoms with E-state index in [0.717, 1.165) is 56.1 Å². The highest BCUT2D eigenvalue weighted by Gasteiger charge is 2.53. The van der Waals surface area contributed by atoms with E-state index >= 15 is 0 Å².